The summed E-state index contributed by atoms with van der Waals surface area (Å²) >= 11 is 1.76. The molecule has 0 spiro atoms. The van der Waals surface area contributed by atoms with Crippen molar-refractivity contribution in [3.63, 3.8) is 0 Å². The van der Waals surface area contributed by atoms with Crippen LogP contribution in [0, 0.1) is 0 Å². The van der Waals surface area contributed by atoms with Crippen molar-refractivity contribution in [2.75, 3.05) is 13.3 Å². The van der Waals surface area contributed by atoms with Crippen molar-refractivity contribution >= 4 is 11.8 Å². The quantitative estimate of drug-likeness (QED) is 0.508. The molecule has 0 N–H and O–H groups in total. The fraction of sp³-hybridized carbons (Fsp3) is 1.00. The van der Waals surface area contributed by atoms with Gasteiger partial charge in [0.15, 0.2) is 0 Å². The highest BCUT2D eigenvalue weighted by atomic mass is 32.2. The van der Waals surface area contributed by atoms with Crippen LogP contribution in [0.25, 0.3) is 0 Å². The normalized spacial score (nSPS) is 14.5. The molecule has 0 aromatic heterocycles. The monoisotopic (exact) mass is 104 g/mol. The van der Waals surface area contributed by atoms with Gasteiger partial charge in [-0.05, 0) is 13.2 Å². The second-order valence-electron chi connectivity index (χ2n) is 1.09. The van der Waals surface area contributed by atoms with Crippen LogP contribution in [0.2, 0.25) is 0 Å². The van der Waals surface area contributed by atoms with Crippen molar-refractivity contribution in [2.45, 2.75) is 12.3 Å². The van der Waals surface area contributed by atoms with Gasteiger partial charge in [0.2, 0.25) is 0 Å². The van der Waals surface area contributed by atoms with Crippen LogP contribution in [0.5, 0.6) is 0 Å². The van der Waals surface area contributed by atoms with Crippen LogP contribution in [-0.2, 0) is 0 Å². The molecule has 0 saturated carbocycles. The van der Waals surface area contributed by atoms with Crippen LogP contribution in [0.15, 0.2) is 0 Å². The minimum absolute atomic E-state index is 0.477. The number of hydrogen-bond donors (Lipinski definition) is 0. The molecule has 1 atom stereocenters. The maximum atomic E-state index is 3.97. The molecule has 0 aliphatic heterocycles. The minimum Gasteiger partial charge on any atom is -0.231 e. The first-order valence-corrected chi connectivity index (χ1v) is 3.21. The summed E-state index contributed by atoms with van der Waals surface area (Å²) in [6.07, 6.45) is 2.05. The Balaban J connectivity index is 2.75. The van der Waals surface area contributed by atoms with E-state index in [0.29, 0.717) is 5.37 Å². The molecule has 37 valence electrons. The summed E-state index contributed by atoms with van der Waals surface area (Å²) in [4.78, 5) is 0. The summed E-state index contributed by atoms with van der Waals surface area (Å²) in [5, 5.41) is 4.45. The van der Waals surface area contributed by atoms with Crippen LogP contribution in [0.4, 0.5) is 0 Å². The molecule has 0 aromatic carbocycles. The third kappa shape index (κ3) is 2.54. The average molecular weight is 104 g/mol. The first kappa shape index (κ1) is 6.31. The van der Waals surface area contributed by atoms with Crippen molar-refractivity contribution < 1.29 is 0 Å². The highest BCUT2D eigenvalue weighted by Crippen LogP contribution is 1.98. The number of rotatable bonds is 2. The van der Waals surface area contributed by atoms with Gasteiger partial charge in [0.25, 0.3) is 0 Å². The van der Waals surface area contributed by atoms with E-state index in [9.17, 15) is 0 Å². The summed E-state index contributed by atoms with van der Waals surface area (Å²) in [6, 6.07) is 0. The van der Waals surface area contributed by atoms with Gasteiger partial charge in [-0.2, -0.15) is 0 Å². The lowest BCUT2D eigenvalue weighted by Gasteiger charge is -1.99. The molecule has 2 heteroatoms. The van der Waals surface area contributed by atoms with E-state index in [4.69, 9.17) is 0 Å². The Morgan fingerprint density at radius 1 is 1.67 bits per heavy atom. The fourth-order valence-electron chi connectivity index (χ4n) is 0.105. The predicted molar refractivity (Wildman–Crippen MR) is 31.0 cm³/mol. The molecule has 0 aliphatic carbocycles. The molecule has 1 nitrogen and oxygen atoms in total. The molecule has 0 rings (SSSR count). The lowest BCUT2D eigenvalue weighted by atomic mass is 10.8. The van der Waals surface area contributed by atoms with Crippen molar-refractivity contribution in [2.24, 2.45) is 0 Å². The first-order chi connectivity index (χ1) is 2.81. The van der Waals surface area contributed by atoms with Gasteiger partial charge >= 0.3 is 0 Å². The Labute approximate surface area is 43.5 Å². The zero-order chi connectivity index (χ0) is 4.99. The van der Waals surface area contributed by atoms with Crippen LogP contribution >= 0.6 is 11.8 Å². The summed E-state index contributed by atoms with van der Waals surface area (Å²) < 4.78 is 0. The summed E-state index contributed by atoms with van der Waals surface area (Å²) in [5.74, 6) is 0. The maximum Gasteiger partial charge on any atom is 0.0665 e. The average Bonchev–Trinajstić information content (AvgIpc) is 1.65. The Hall–Kier alpha value is 0.310. The molecule has 0 amide bonds. The van der Waals surface area contributed by atoms with Gasteiger partial charge in [-0.15, -0.1) is 11.8 Å². The van der Waals surface area contributed by atoms with Gasteiger partial charge in [0, 0.05) is 7.05 Å². The highest BCUT2D eigenvalue weighted by molar-refractivity contribution is 7.99. The van der Waals surface area contributed by atoms with Gasteiger partial charge in [0.05, 0.1) is 5.37 Å². The summed E-state index contributed by atoms with van der Waals surface area (Å²) in [7, 11) is 1.83. The van der Waals surface area contributed by atoms with E-state index < -0.39 is 0 Å². The molecule has 0 aromatic rings. The zero-order valence-electron chi connectivity index (χ0n) is 4.43. The van der Waals surface area contributed by atoms with E-state index >= 15 is 0 Å². The van der Waals surface area contributed by atoms with E-state index in [1.54, 1.807) is 11.8 Å². The Bertz CT molecular complexity index is 26.7. The maximum absolute atomic E-state index is 3.97. The molecule has 0 bridgehead atoms. The second kappa shape index (κ2) is 3.50. The molecule has 6 heavy (non-hydrogen) atoms. The van der Waals surface area contributed by atoms with Gasteiger partial charge in [-0.1, -0.05) is 0 Å². The molecule has 0 saturated heterocycles. The predicted octanol–water partition coefficient (Wildman–Crippen LogP) is 0.930. The summed E-state index contributed by atoms with van der Waals surface area (Å²) in [5.41, 5.74) is 0. The van der Waals surface area contributed by atoms with E-state index in [1.807, 2.05) is 7.05 Å². The third-order valence-electron chi connectivity index (χ3n) is 0.705. The van der Waals surface area contributed by atoms with Crippen LogP contribution in [0.1, 0.15) is 6.92 Å². The fourth-order valence-corrected chi connectivity index (χ4v) is 0.316. The Morgan fingerprint density at radius 3 is 2.17 bits per heavy atom. The lowest BCUT2D eigenvalue weighted by Crippen LogP contribution is -2.07. The van der Waals surface area contributed by atoms with E-state index in [-0.39, 0.29) is 0 Å². The Morgan fingerprint density at radius 2 is 2.17 bits per heavy atom. The van der Waals surface area contributed by atoms with Gasteiger partial charge in [-0.25, -0.2) is 5.32 Å². The molecule has 0 fully saturated rings. The number of thioether (sulfide) groups is 1. The third-order valence-corrected chi connectivity index (χ3v) is 1.60. The second-order valence-corrected chi connectivity index (χ2v) is 2.25. The Kier molecular flexibility index (Phi) is 3.68. The molecular weight excluding hydrogens is 94.1 g/mol. The summed E-state index contributed by atoms with van der Waals surface area (Å²) in [6.45, 7) is 2.07. The standard InChI is InChI=1S/C4H10NS/c1-4(5-2)6-3/h4H,1-3H3. The highest BCUT2D eigenvalue weighted by Gasteiger charge is 1.89. The van der Waals surface area contributed by atoms with Crippen molar-refractivity contribution in [1.82, 2.24) is 5.32 Å². The number of nitrogens with zero attached hydrogens (tertiary/aromatic N) is 1. The smallest absolute Gasteiger partial charge is 0.0665 e. The van der Waals surface area contributed by atoms with Gasteiger partial charge < -0.3 is 0 Å². The molecule has 1 unspecified atom stereocenters. The van der Waals surface area contributed by atoms with Gasteiger partial charge in [0.1, 0.15) is 0 Å². The van der Waals surface area contributed by atoms with Crippen LogP contribution < -0.4 is 5.32 Å². The molecule has 1 radical (unpaired) electrons. The largest absolute Gasteiger partial charge is 0.231 e. The molecular formula is C4H10NS. The van der Waals surface area contributed by atoms with Crippen molar-refractivity contribution in [3.05, 3.63) is 0 Å². The van der Waals surface area contributed by atoms with Gasteiger partial charge in [-0.3, -0.25) is 0 Å². The van der Waals surface area contributed by atoms with Crippen LogP contribution in [-0.4, -0.2) is 18.7 Å². The topological polar surface area (TPSA) is 14.1 Å². The van der Waals surface area contributed by atoms with Crippen molar-refractivity contribution in [3.8, 4) is 0 Å². The lowest BCUT2D eigenvalue weighted by molar-refractivity contribution is 0.791. The van der Waals surface area contributed by atoms with Crippen LogP contribution in [0.3, 0.4) is 0 Å². The van der Waals surface area contributed by atoms with E-state index in [1.165, 1.54) is 0 Å². The molecule has 0 aliphatic rings. The first-order valence-electron chi connectivity index (χ1n) is 1.93. The number of hydrogen-bond acceptors (Lipinski definition) is 1. The van der Waals surface area contributed by atoms with Crippen molar-refractivity contribution in [1.29, 1.82) is 0 Å². The zero-order valence-corrected chi connectivity index (χ0v) is 5.25. The van der Waals surface area contributed by atoms with E-state index in [0.717, 1.165) is 0 Å². The minimum atomic E-state index is 0.477. The SMILES string of the molecule is C[N]C(C)SC. The molecule has 0 heterocycles. The van der Waals surface area contributed by atoms with E-state index in [2.05, 4.69) is 18.5 Å².